The van der Waals surface area contributed by atoms with Crippen LogP contribution in [0.15, 0.2) is 29.0 Å². The van der Waals surface area contributed by atoms with Crippen LogP contribution in [0.4, 0.5) is 0 Å². The van der Waals surface area contributed by atoms with E-state index >= 15 is 0 Å². The van der Waals surface area contributed by atoms with Crippen LogP contribution in [0.1, 0.15) is 35.3 Å². The number of amides is 1. The Morgan fingerprint density at radius 2 is 2.11 bits per heavy atom. The lowest BCUT2D eigenvalue weighted by Gasteiger charge is -2.25. The second kappa shape index (κ2) is 8.63. The minimum Gasteiger partial charge on any atom is -0.480 e. The normalized spacial score (nSPS) is 17.7. The van der Waals surface area contributed by atoms with Gasteiger partial charge in [-0.15, -0.1) is 0 Å². The number of thiophene rings is 1. The number of hydrogen-bond donors (Lipinski definition) is 1. The first-order valence-electron chi connectivity index (χ1n) is 9.17. The van der Waals surface area contributed by atoms with E-state index in [-0.39, 0.29) is 18.5 Å². The lowest BCUT2D eigenvalue weighted by molar-refractivity contribution is -0.138. The molecule has 0 saturated carbocycles. The van der Waals surface area contributed by atoms with Crippen molar-refractivity contribution in [2.45, 2.75) is 32.2 Å². The molecule has 27 heavy (non-hydrogen) atoms. The first-order chi connectivity index (χ1) is 13.0. The summed E-state index contributed by atoms with van der Waals surface area (Å²) < 4.78 is 0. The molecule has 0 aliphatic carbocycles. The maximum atomic E-state index is 13.0. The van der Waals surface area contributed by atoms with Crippen molar-refractivity contribution in [1.29, 1.82) is 0 Å². The fraction of sp³-hybridized carbons (Fsp3) is 0.450. The number of aryl methyl sites for hydroxylation is 1. The Bertz CT molecular complexity index is 807. The summed E-state index contributed by atoms with van der Waals surface area (Å²) in [4.78, 5) is 32.3. The van der Waals surface area contributed by atoms with Crippen molar-refractivity contribution in [2.24, 2.45) is 0 Å². The van der Waals surface area contributed by atoms with Gasteiger partial charge in [0.1, 0.15) is 0 Å². The molecule has 3 heterocycles. The molecule has 7 heteroatoms. The number of carboxylic acid groups (broad SMARTS) is 1. The number of rotatable bonds is 5. The lowest BCUT2D eigenvalue weighted by atomic mass is 10.1. The van der Waals surface area contributed by atoms with Gasteiger partial charge in [-0.05, 0) is 56.8 Å². The van der Waals surface area contributed by atoms with E-state index < -0.39 is 5.97 Å². The van der Waals surface area contributed by atoms with Gasteiger partial charge in [-0.25, -0.2) is 0 Å². The third-order valence-electron chi connectivity index (χ3n) is 5.13. The summed E-state index contributed by atoms with van der Waals surface area (Å²) in [6.45, 7) is 3.25. The van der Waals surface area contributed by atoms with Gasteiger partial charge in [-0.2, -0.15) is 11.3 Å². The van der Waals surface area contributed by atoms with Crippen molar-refractivity contribution < 1.29 is 14.7 Å². The number of carbonyl (C=O) groups excluding carboxylic acids is 1. The number of carbonyl (C=O) groups is 2. The van der Waals surface area contributed by atoms with Crippen LogP contribution in [0.5, 0.6) is 0 Å². The van der Waals surface area contributed by atoms with Gasteiger partial charge in [0.25, 0.3) is 5.91 Å². The highest BCUT2D eigenvalue weighted by molar-refractivity contribution is 7.08. The number of pyridine rings is 1. The molecular formula is C20H25N3O3S. The molecule has 6 nitrogen and oxygen atoms in total. The predicted molar refractivity (Wildman–Crippen MR) is 106 cm³/mol. The quantitative estimate of drug-likeness (QED) is 0.853. The fourth-order valence-electron chi connectivity index (χ4n) is 3.59. The molecule has 2 aromatic rings. The fourth-order valence-corrected chi connectivity index (χ4v) is 4.24. The molecule has 1 saturated heterocycles. The second-order valence-corrected chi connectivity index (χ2v) is 7.81. The lowest BCUT2D eigenvalue weighted by Crippen LogP contribution is -2.37. The van der Waals surface area contributed by atoms with Gasteiger partial charge in [0.05, 0.1) is 23.5 Å². The first-order valence-corrected chi connectivity index (χ1v) is 10.1. The van der Waals surface area contributed by atoms with Crippen LogP contribution in [0.2, 0.25) is 0 Å². The summed E-state index contributed by atoms with van der Waals surface area (Å²) in [6, 6.07) is 6.00. The summed E-state index contributed by atoms with van der Waals surface area (Å²) in [7, 11) is 1.84. The van der Waals surface area contributed by atoms with Crippen LogP contribution in [-0.4, -0.2) is 64.5 Å². The Labute approximate surface area is 163 Å². The molecule has 0 radical (unpaired) electrons. The molecule has 3 rings (SSSR count). The maximum absolute atomic E-state index is 13.0. The molecule has 1 fully saturated rings. The number of hydrogen-bond acceptors (Lipinski definition) is 5. The zero-order chi connectivity index (χ0) is 19.4. The topological polar surface area (TPSA) is 73.7 Å². The monoisotopic (exact) mass is 387 g/mol. The van der Waals surface area contributed by atoms with Crippen molar-refractivity contribution in [1.82, 2.24) is 14.8 Å². The Morgan fingerprint density at radius 1 is 1.30 bits per heavy atom. The molecule has 144 valence electrons. The van der Waals surface area contributed by atoms with Crippen molar-refractivity contribution >= 4 is 23.2 Å². The summed E-state index contributed by atoms with van der Waals surface area (Å²) in [5.41, 5.74) is 3.34. The van der Waals surface area contributed by atoms with Gasteiger partial charge in [0.2, 0.25) is 0 Å². The van der Waals surface area contributed by atoms with Crippen LogP contribution in [-0.2, 0) is 4.79 Å². The van der Waals surface area contributed by atoms with Crippen molar-refractivity contribution in [2.75, 3.05) is 26.7 Å². The molecule has 1 N–H and O–H groups in total. The van der Waals surface area contributed by atoms with E-state index in [4.69, 9.17) is 5.11 Å². The molecule has 0 bridgehead atoms. The van der Waals surface area contributed by atoms with Gasteiger partial charge < -0.3 is 10.0 Å². The third kappa shape index (κ3) is 4.73. The molecule has 1 amide bonds. The van der Waals surface area contributed by atoms with Crippen LogP contribution >= 0.6 is 11.3 Å². The number of carboxylic acids is 1. The molecule has 1 aliphatic rings. The predicted octanol–water partition coefficient (Wildman–Crippen LogP) is 3.13. The molecular weight excluding hydrogens is 362 g/mol. The van der Waals surface area contributed by atoms with Gasteiger partial charge in [0, 0.05) is 30.1 Å². The highest BCUT2D eigenvalue weighted by Crippen LogP contribution is 2.23. The molecule has 2 aromatic heterocycles. The average molecular weight is 388 g/mol. The average Bonchev–Trinajstić information content (AvgIpc) is 3.05. The number of aliphatic carboxylic acids is 1. The van der Waals surface area contributed by atoms with E-state index in [2.05, 4.69) is 4.98 Å². The van der Waals surface area contributed by atoms with Crippen LogP contribution in [0, 0.1) is 6.92 Å². The Balaban J connectivity index is 1.68. The Morgan fingerprint density at radius 3 is 2.78 bits per heavy atom. The van der Waals surface area contributed by atoms with E-state index in [1.54, 1.807) is 11.3 Å². The number of likely N-dealkylation sites (tertiary alicyclic amines) is 1. The summed E-state index contributed by atoms with van der Waals surface area (Å²) >= 11 is 1.63. The number of likely N-dealkylation sites (N-methyl/N-ethyl adjacent to an activating group) is 1. The van der Waals surface area contributed by atoms with Crippen LogP contribution in [0.3, 0.4) is 0 Å². The standard InChI is InChI=1S/C20H25N3O3S/c1-14-17(5-6-18(21-14)15-8-11-27-13-15)20(26)23-9-3-4-16(7-10-23)22(2)12-19(24)25/h5-6,8,11,13,16H,3-4,7,9-10,12H2,1-2H3,(H,24,25). The van der Waals surface area contributed by atoms with E-state index in [1.165, 1.54) is 0 Å². The second-order valence-electron chi connectivity index (χ2n) is 7.03. The molecule has 1 unspecified atom stereocenters. The highest BCUT2D eigenvalue weighted by atomic mass is 32.1. The van der Waals surface area contributed by atoms with Crippen LogP contribution in [0.25, 0.3) is 11.3 Å². The first kappa shape index (κ1) is 19.5. The van der Waals surface area contributed by atoms with Gasteiger partial charge in [0.15, 0.2) is 0 Å². The largest absolute Gasteiger partial charge is 0.480 e. The summed E-state index contributed by atoms with van der Waals surface area (Å²) in [5, 5.41) is 13.0. The highest BCUT2D eigenvalue weighted by Gasteiger charge is 2.25. The maximum Gasteiger partial charge on any atom is 0.317 e. The van der Waals surface area contributed by atoms with E-state index in [0.29, 0.717) is 18.7 Å². The molecule has 1 aliphatic heterocycles. The van der Waals surface area contributed by atoms with Gasteiger partial charge in [-0.3, -0.25) is 19.5 Å². The van der Waals surface area contributed by atoms with Crippen molar-refractivity contribution in [3.63, 3.8) is 0 Å². The number of aromatic nitrogens is 1. The van der Waals surface area contributed by atoms with Gasteiger partial charge >= 0.3 is 5.97 Å². The van der Waals surface area contributed by atoms with E-state index in [1.807, 2.05) is 52.7 Å². The molecule has 0 aromatic carbocycles. The van der Waals surface area contributed by atoms with Crippen molar-refractivity contribution in [3.05, 3.63) is 40.2 Å². The summed E-state index contributed by atoms with van der Waals surface area (Å²) in [5.74, 6) is -0.805. The minimum atomic E-state index is -0.818. The van der Waals surface area contributed by atoms with Gasteiger partial charge in [-0.1, -0.05) is 0 Å². The smallest absolute Gasteiger partial charge is 0.317 e. The summed E-state index contributed by atoms with van der Waals surface area (Å²) in [6.07, 6.45) is 2.57. The Kier molecular flexibility index (Phi) is 6.23. The zero-order valence-corrected chi connectivity index (χ0v) is 16.5. The minimum absolute atomic E-state index is 0.0124. The van der Waals surface area contributed by atoms with E-state index in [0.717, 1.165) is 36.2 Å². The third-order valence-corrected chi connectivity index (χ3v) is 5.81. The van der Waals surface area contributed by atoms with E-state index in [9.17, 15) is 9.59 Å². The number of nitrogens with zero attached hydrogens (tertiary/aromatic N) is 3. The SMILES string of the molecule is Cc1nc(-c2ccsc2)ccc1C(=O)N1CCCC(N(C)CC(=O)O)CC1. The molecule has 0 spiro atoms. The Hall–Kier alpha value is -2.25. The zero-order valence-electron chi connectivity index (χ0n) is 15.7. The van der Waals surface area contributed by atoms with Crippen molar-refractivity contribution in [3.8, 4) is 11.3 Å². The molecule has 1 atom stereocenters. The van der Waals surface area contributed by atoms with Crippen LogP contribution < -0.4 is 0 Å².